The van der Waals surface area contributed by atoms with Gasteiger partial charge in [-0.1, -0.05) is 23.7 Å². The van der Waals surface area contributed by atoms with Crippen LogP contribution in [-0.4, -0.2) is 52.4 Å². The molecule has 0 aliphatic heterocycles. The number of nitrogens with two attached hydrogens (primary N) is 3. The summed E-state index contributed by atoms with van der Waals surface area (Å²) in [7, 11) is 1.66. The summed E-state index contributed by atoms with van der Waals surface area (Å²) in [5.74, 6) is 0.679. The van der Waals surface area contributed by atoms with Crippen LogP contribution in [0.5, 0.6) is 0 Å². The third kappa shape index (κ3) is 10.3. The van der Waals surface area contributed by atoms with Gasteiger partial charge in [0.1, 0.15) is 5.65 Å². The molecule has 7 N–H and O–H groups in total. The number of halogens is 2. The predicted octanol–water partition coefficient (Wildman–Crippen LogP) is 5.12. The zero-order valence-electron chi connectivity index (χ0n) is 25.7. The molecular weight excluding hydrogens is 583 g/mol. The number of hydrogen-bond acceptors (Lipinski definition) is 6. The summed E-state index contributed by atoms with van der Waals surface area (Å²) in [6.45, 7) is 7.15. The van der Waals surface area contributed by atoms with Gasteiger partial charge in [-0.25, -0.2) is 9.18 Å². The molecule has 0 spiro atoms. The van der Waals surface area contributed by atoms with Crippen molar-refractivity contribution in [3.63, 3.8) is 0 Å². The second-order valence-corrected chi connectivity index (χ2v) is 11.1. The summed E-state index contributed by atoms with van der Waals surface area (Å²) >= 11 is 6.22. The molecule has 0 bridgehead atoms. The lowest BCUT2D eigenvalue weighted by Gasteiger charge is -2.09. The van der Waals surface area contributed by atoms with E-state index in [-0.39, 0.29) is 11.1 Å². The van der Waals surface area contributed by atoms with Crippen molar-refractivity contribution in [1.29, 1.82) is 0 Å². The topological polar surface area (TPSA) is 163 Å². The van der Waals surface area contributed by atoms with E-state index in [9.17, 15) is 4.79 Å². The minimum atomic E-state index is -0.519. The number of amidine groups is 2. The number of nitrogens with zero attached hydrogens (tertiary/aromatic N) is 4. The first-order valence-electron chi connectivity index (χ1n) is 14.5. The first-order valence-corrected chi connectivity index (χ1v) is 14.8. The Hall–Kier alpha value is -4.06. The number of nitrogens with one attached hydrogen (secondary N) is 1. The van der Waals surface area contributed by atoms with Crippen molar-refractivity contribution in [1.82, 2.24) is 14.5 Å². The molecule has 0 aliphatic rings. The summed E-state index contributed by atoms with van der Waals surface area (Å²) in [4.78, 5) is 27.8. The molecule has 2 aromatic carbocycles. The quantitative estimate of drug-likeness (QED) is 0.0971. The van der Waals surface area contributed by atoms with Crippen LogP contribution in [0.1, 0.15) is 51.2 Å². The number of aromatic nitrogens is 3. The average molecular weight is 625 g/mol. The van der Waals surface area contributed by atoms with E-state index in [1.807, 2.05) is 31.2 Å². The van der Waals surface area contributed by atoms with Gasteiger partial charge in [-0.15, -0.1) is 0 Å². The summed E-state index contributed by atoms with van der Waals surface area (Å²) < 4.78 is 22.2. The molecule has 4 aromatic rings. The minimum Gasteiger partial charge on any atom is -0.388 e. The average Bonchev–Trinajstić information content (AvgIpc) is 3.39. The Bertz CT molecular complexity index is 1640. The smallest absolute Gasteiger partial charge is 0.354 e. The van der Waals surface area contributed by atoms with Gasteiger partial charge in [0.25, 0.3) is 0 Å². The second kappa shape index (κ2) is 16.7. The minimum absolute atomic E-state index is 0.0534. The third-order valence-electron chi connectivity index (χ3n) is 6.66. The molecule has 0 saturated heterocycles. The van der Waals surface area contributed by atoms with E-state index in [0.717, 1.165) is 36.8 Å². The fraction of sp³-hybridized carbons (Fsp3) is 0.375. The number of aromatic amines is 1. The second-order valence-electron chi connectivity index (χ2n) is 10.6. The summed E-state index contributed by atoms with van der Waals surface area (Å²) in [6.07, 6.45) is 4.97. The molecule has 4 rings (SSSR count). The fourth-order valence-electron chi connectivity index (χ4n) is 4.30. The Balaban J connectivity index is 0.000000978. The molecule has 0 saturated carbocycles. The molecule has 12 heteroatoms. The molecule has 1 atom stereocenters. The first-order chi connectivity index (χ1) is 21.0. The van der Waals surface area contributed by atoms with Gasteiger partial charge in [0, 0.05) is 43.4 Å². The van der Waals surface area contributed by atoms with Crippen molar-refractivity contribution in [2.75, 3.05) is 20.2 Å². The van der Waals surface area contributed by atoms with Crippen LogP contribution in [0.3, 0.4) is 0 Å². The van der Waals surface area contributed by atoms with Crippen LogP contribution in [0, 0.1) is 5.82 Å². The Morgan fingerprint density at radius 2 is 1.82 bits per heavy atom. The van der Waals surface area contributed by atoms with E-state index in [2.05, 4.69) is 20.0 Å². The van der Waals surface area contributed by atoms with Crippen LogP contribution in [-0.2, 0) is 17.8 Å². The SMILES string of the molecule is CC(N)=NCCCOCc1ccc(-n2cc3cc(-c4cc(CCCC(C)N)cc(Cl)c4F)[nH]c3nc2=O)cc1.CN=C(C)N. The lowest BCUT2D eigenvalue weighted by molar-refractivity contribution is 0.120. The molecule has 0 radical (unpaired) electrons. The van der Waals surface area contributed by atoms with E-state index in [4.69, 9.17) is 33.5 Å². The maximum atomic E-state index is 15.0. The van der Waals surface area contributed by atoms with Crippen molar-refractivity contribution in [2.24, 2.45) is 27.2 Å². The first kappa shape index (κ1) is 34.4. The van der Waals surface area contributed by atoms with Crippen molar-refractivity contribution in [3.05, 3.63) is 81.1 Å². The van der Waals surface area contributed by atoms with E-state index < -0.39 is 11.5 Å². The van der Waals surface area contributed by atoms with Gasteiger partial charge >= 0.3 is 5.69 Å². The maximum absolute atomic E-state index is 15.0. The normalized spacial score (nSPS) is 12.7. The Kier molecular flexibility index (Phi) is 13.1. The highest BCUT2D eigenvalue weighted by Crippen LogP contribution is 2.31. The number of ether oxygens (including phenoxy) is 1. The highest BCUT2D eigenvalue weighted by atomic mass is 35.5. The molecule has 2 heterocycles. The number of hydrogen-bond donors (Lipinski definition) is 4. The van der Waals surface area contributed by atoms with E-state index >= 15 is 4.39 Å². The zero-order valence-corrected chi connectivity index (χ0v) is 26.5. The fourth-order valence-corrected chi connectivity index (χ4v) is 4.54. The van der Waals surface area contributed by atoms with Crippen LogP contribution in [0.4, 0.5) is 4.39 Å². The van der Waals surface area contributed by atoms with Crippen molar-refractivity contribution in [2.45, 2.75) is 59.1 Å². The van der Waals surface area contributed by atoms with E-state index in [0.29, 0.717) is 59.4 Å². The van der Waals surface area contributed by atoms with Crippen LogP contribution in [0.25, 0.3) is 28.0 Å². The van der Waals surface area contributed by atoms with Gasteiger partial charge in [-0.3, -0.25) is 14.6 Å². The molecule has 0 aliphatic carbocycles. The van der Waals surface area contributed by atoms with Gasteiger partial charge in [-0.2, -0.15) is 4.98 Å². The van der Waals surface area contributed by atoms with Crippen molar-refractivity contribution < 1.29 is 9.13 Å². The Labute approximate surface area is 262 Å². The van der Waals surface area contributed by atoms with Crippen molar-refractivity contribution >= 4 is 34.3 Å². The van der Waals surface area contributed by atoms with Crippen LogP contribution in [0.2, 0.25) is 5.02 Å². The number of fused-ring (bicyclic) bond motifs is 1. The molecule has 44 heavy (non-hydrogen) atoms. The summed E-state index contributed by atoms with van der Waals surface area (Å²) in [5.41, 5.74) is 19.8. The van der Waals surface area contributed by atoms with Crippen LogP contribution < -0.4 is 22.9 Å². The largest absolute Gasteiger partial charge is 0.388 e. The number of rotatable bonds is 12. The lowest BCUT2D eigenvalue weighted by atomic mass is 10.0. The Morgan fingerprint density at radius 1 is 1.11 bits per heavy atom. The van der Waals surface area contributed by atoms with Gasteiger partial charge in [0.05, 0.1) is 34.7 Å². The van der Waals surface area contributed by atoms with Gasteiger partial charge in [-0.05, 0) is 87.9 Å². The van der Waals surface area contributed by atoms with E-state index in [1.165, 1.54) is 4.57 Å². The number of benzene rings is 2. The predicted molar refractivity (Wildman–Crippen MR) is 178 cm³/mol. The molecule has 236 valence electrons. The number of aryl methyl sites for hydroxylation is 1. The molecule has 2 aromatic heterocycles. The van der Waals surface area contributed by atoms with Gasteiger partial charge in [0.15, 0.2) is 5.82 Å². The standard InChI is InChI=1S/C29H34ClFN6O2.C3H8N2/c1-18(32)5-3-6-21-13-24(27(31)25(30)14-21)26-15-22-16-37(29(38)36-28(22)35-26)23-9-7-20(8-10-23)17-39-12-4-11-34-19(2)33;1-3(4)5-2/h7-10,13-16,18H,3-6,11-12,17,32H2,1-2H3,(H2,33,34)(H,35,36,38);1-2H3,(H2,4,5). The highest BCUT2D eigenvalue weighted by molar-refractivity contribution is 6.31. The molecule has 0 fully saturated rings. The van der Waals surface area contributed by atoms with E-state index in [1.54, 1.807) is 45.3 Å². The van der Waals surface area contributed by atoms with Crippen LogP contribution >= 0.6 is 11.6 Å². The molecule has 10 nitrogen and oxygen atoms in total. The van der Waals surface area contributed by atoms with Crippen LogP contribution in [0.15, 0.2) is 63.4 Å². The molecule has 0 amide bonds. The summed E-state index contributed by atoms with van der Waals surface area (Å²) in [5, 5.41) is 0.725. The number of aliphatic imine (C=N–C) groups is 2. The molecule has 1 unspecified atom stereocenters. The monoisotopic (exact) mass is 624 g/mol. The molecular formula is C32H42ClFN8O2. The van der Waals surface area contributed by atoms with Crippen molar-refractivity contribution in [3.8, 4) is 16.9 Å². The maximum Gasteiger partial charge on any atom is 0.354 e. The Morgan fingerprint density at radius 3 is 2.45 bits per heavy atom. The van der Waals surface area contributed by atoms with Gasteiger partial charge < -0.3 is 26.9 Å². The summed E-state index contributed by atoms with van der Waals surface area (Å²) in [6, 6.07) is 12.8. The zero-order chi connectivity index (χ0) is 32.2. The third-order valence-corrected chi connectivity index (χ3v) is 6.93. The lowest BCUT2D eigenvalue weighted by Crippen LogP contribution is -2.20. The highest BCUT2D eigenvalue weighted by Gasteiger charge is 2.15. The van der Waals surface area contributed by atoms with Gasteiger partial charge in [0.2, 0.25) is 0 Å². The number of H-pyrrole nitrogens is 1.